The minimum absolute atomic E-state index is 0.125. The van der Waals surface area contributed by atoms with E-state index in [9.17, 15) is 8.42 Å². The lowest BCUT2D eigenvalue weighted by Crippen LogP contribution is -2.16. The van der Waals surface area contributed by atoms with Gasteiger partial charge >= 0.3 is 0 Å². The zero-order valence-electron chi connectivity index (χ0n) is 6.66. The summed E-state index contributed by atoms with van der Waals surface area (Å²) in [6, 6.07) is 4.91. The Kier molecular flexibility index (Phi) is 2.44. The molecule has 0 aliphatic carbocycles. The number of nitrogens with zero attached hydrogens (tertiary/aromatic N) is 1. The van der Waals surface area contributed by atoms with Crippen LogP contribution in [0.4, 0.5) is 5.69 Å². The zero-order chi connectivity index (χ0) is 10.3. The third-order valence-corrected chi connectivity index (χ3v) is 3.94. The molecular formula is C7H4ClIN2O2S. The van der Waals surface area contributed by atoms with E-state index in [-0.39, 0.29) is 10.2 Å². The van der Waals surface area contributed by atoms with E-state index in [1.54, 1.807) is 12.1 Å². The van der Waals surface area contributed by atoms with Crippen LogP contribution in [0.15, 0.2) is 27.5 Å². The molecule has 4 nitrogen and oxygen atoms in total. The first-order valence-corrected chi connectivity index (χ1v) is 6.46. The van der Waals surface area contributed by atoms with Gasteiger partial charge in [-0.15, -0.1) is 4.40 Å². The maximum atomic E-state index is 11.5. The van der Waals surface area contributed by atoms with E-state index in [2.05, 4.69) is 32.3 Å². The van der Waals surface area contributed by atoms with Crippen molar-refractivity contribution < 1.29 is 8.42 Å². The van der Waals surface area contributed by atoms with Crippen molar-refractivity contribution in [3.63, 3.8) is 0 Å². The molecule has 1 N–H and O–H groups in total. The molecule has 7 heteroatoms. The molecule has 14 heavy (non-hydrogen) atoms. The van der Waals surface area contributed by atoms with Crippen molar-refractivity contribution in [3.05, 3.63) is 21.8 Å². The van der Waals surface area contributed by atoms with Crippen LogP contribution in [0.3, 0.4) is 0 Å². The van der Waals surface area contributed by atoms with Crippen LogP contribution in [0.5, 0.6) is 0 Å². The molecule has 0 saturated carbocycles. The summed E-state index contributed by atoms with van der Waals surface area (Å²) in [4.78, 5) is 0.155. The predicted molar refractivity (Wildman–Crippen MR) is 63.3 cm³/mol. The fraction of sp³-hybridized carbons (Fsp3) is 0. The van der Waals surface area contributed by atoms with Gasteiger partial charge in [-0.1, -0.05) is 0 Å². The summed E-state index contributed by atoms with van der Waals surface area (Å²) < 4.78 is 27.2. The van der Waals surface area contributed by atoms with Crippen LogP contribution in [0.1, 0.15) is 0 Å². The average Bonchev–Trinajstić information content (AvgIpc) is 2.00. The van der Waals surface area contributed by atoms with Crippen LogP contribution in [0.2, 0.25) is 0 Å². The number of anilines is 1. The molecule has 1 aliphatic heterocycles. The molecule has 0 spiro atoms. The Labute approximate surface area is 99.6 Å². The average molecular weight is 343 g/mol. The monoisotopic (exact) mass is 342 g/mol. The molecule has 0 amide bonds. The van der Waals surface area contributed by atoms with Gasteiger partial charge in [-0.3, -0.25) is 0 Å². The normalized spacial score (nSPS) is 18.0. The van der Waals surface area contributed by atoms with Gasteiger partial charge in [0.15, 0.2) is 0 Å². The molecule has 0 fully saturated rings. The molecule has 74 valence electrons. The van der Waals surface area contributed by atoms with E-state index >= 15 is 0 Å². The predicted octanol–water partition coefficient (Wildman–Crippen LogP) is 2.00. The number of sulfonamides is 1. The smallest absolute Gasteiger partial charge is 0.287 e. The minimum Gasteiger partial charge on any atom is -0.329 e. The SMILES string of the molecule is O=S1(=O)N=C(Cl)Nc2cc(I)ccc21. The third-order valence-electron chi connectivity index (χ3n) is 1.66. The van der Waals surface area contributed by atoms with E-state index in [0.29, 0.717) is 5.69 Å². The first-order valence-electron chi connectivity index (χ1n) is 3.56. The Hall–Kier alpha value is -0.340. The van der Waals surface area contributed by atoms with Crippen molar-refractivity contribution >= 4 is 55.2 Å². The van der Waals surface area contributed by atoms with Gasteiger partial charge in [-0.2, -0.15) is 8.42 Å². The summed E-state index contributed by atoms with van der Waals surface area (Å²) in [5.41, 5.74) is 0.469. The molecule has 1 aromatic carbocycles. The Morgan fingerprint density at radius 3 is 2.86 bits per heavy atom. The summed E-state index contributed by atoms with van der Waals surface area (Å²) in [6.45, 7) is 0. The minimum atomic E-state index is -3.62. The molecule has 0 aromatic heterocycles. The summed E-state index contributed by atoms with van der Waals surface area (Å²) in [6.07, 6.45) is 0. The van der Waals surface area contributed by atoms with Gasteiger partial charge in [0.1, 0.15) is 4.90 Å². The Morgan fingerprint density at radius 2 is 2.14 bits per heavy atom. The van der Waals surface area contributed by atoms with Crippen molar-refractivity contribution in [1.29, 1.82) is 0 Å². The number of benzene rings is 1. The molecule has 0 radical (unpaired) electrons. The van der Waals surface area contributed by atoms with Gasteiger partial charge in [0.2, 0.25) is 5.29 Å². The molecule has 0 bridgehead atoms. The highest BCUT2D eigenvalue weighted by atomic mass is 127. The van der Waals surface area contributed by atoms with Crippen LogP contribution >= 0.6 is 34.2 Å². The second-order valence-electron chi connectivity index (χ2n) is 2.62. The van der Waals surface area contributed by atoms with Gasteiger partial charge < -0.3 is 5.32 Å². The highest BCUT2D eigenvalue weighted by molar-refractivity contribution is 14.1. The second kappa shape index (κ2) is 3.35. The van der Waals surface area contributed by atoms with Crippen molar-refractivity contribution in [2.75, 3.05) is 5.32 Å². The second-order valence-corrected chi connectivity index (χ2v) is 5.80. The lowest BCUT2D eigenvalue weighted by atomic mass is 10.3. The lowest BCUT2D eigenvalue weighted by molar-refractivity contribution is 0.598. The van der Waals surface area contributed by atoms with Crippen LogP contribution in [0.25, 0.3) is 0 Å². The van der Waals surface area contributed by atoms with E-state index in [0.717, 1.165) is 3.57 Å². The van der Waals surface area contributed by atoms with Crippen molar-refractivity contribution in [2.45, 2.75) is 4.90 Å². The zero-order valence-corrected chi connectivity index (χ0v) is 10.4. The maximum absolute atomic E-state index is 11.5. The number of amidine groups is 1. The number of hydrogen-bond acceptors (Lipinski definition) is 3. The fourth-order valence-corrected chi connectivity index (χ4v) is 2.96. The number of rotatable bonds is 0. The molecule has 0 unspecified atom stereocenters. The molecule has 2 rings (SSSR count). The summed E-state index contributed by atoms with van der Waals surface area (Å²) in [5, 5.41) is 2.56. The van der Waals surface area contributed by atoms with E-state index in [1.807, 2.05) is 0 Å². The lowest BCUT2D eigenvalue weighted by Gasteiger charge is -2.14. The number of fused-ring (bicyclic) bond motifs is 1. The molecule has 1 heterocycles. The van der Waals surface area contributed by atoms with Gasteiger partial charge in [-0.25, -0.2) is 0 Å². The molecule has 0 saturated heterocycles. The molecule has 1 aromatic rings. The number of nitrogens with one attached hydrogen (secondary N) is 1. The largest absolute Gasteiger partial charge is 0.329 e. The highest BCUT2D eigenvalue weighted by Gasteiger charge is 2.23. The Balaban J connectivity index is 2.71. The molecular weight excluding hydrogens is 339 g/mol. The van der Waals surface area contributed by atoms with Gasteiger partial charge in [-0.05, 0) is 52.4 Å². The molecule has 0 atom stereocenters. The van der Waals surface area contributed by atoms with Crippen LogP contribution < -0.4 is 5.32 Å². The van der Waals surface area contributed by atoms with Crippen molar-refractivity contribution in [1.82, 2.24) is 0 Å². The van der Waals surface area contributed by atoms with Crippen LogP contribution in [-0.2, 0) is 10.0 Å². The number of halogens is 2. The van der Waals surface area contributed by atoms with Crippen molar-refractivity contribution in [2.24, 2.45) is 4.40 Å². The van der Waals surface area contributed by atoms with Gasteiger partial charge in [0.05, 0.1) is 5.69 Å². The summed E-state index contributed by atoms with van der Waals surface area (Å²) in [7, 11) is -3.62. The summed E-state index contributed by atoms with van der Waals surface area (Å²) >= 11 is 7.63. The Bertz CT molecular complexity index is 526. The first-order chi connectivity index (χ1) is 6.49. The quantitative estimate of drug-likeness (QED) is 0.579. The van der Waals surface area contributed by atoms with Crippen LogP contribution in [0, 0.1) is 3.57 Å². The van der Waals surface area contributed by atoms with Gasteiger partial charge in [0, 0.05) is 3.57 Å². The van der Waals surface area contributed by atoms with Crippen molar-refractivity contribution in [3.8, 4) is 0 Å². The Morgan fingerprint density at radius 1 is 1.43 bits per heavy atom. The molecule has 1 aliphatic rings. The first kappa shape index (κ1) is 10.2. The number of hydrogen-bond donors (Lipinski definition) is 1. The van der Waals surface area contributed by atoms with E-state index in [4.69, 9.17) is 11.6 Å². The maximum Gasteiger partial charge on any atom is 0.287 e. The summed E-state index contributed by atoms with van der Waals surface area (Å²) in [5.74, 6) is 0. The highest BCUT2D eigenvalue weighted by Crippen LogP contribution is 2.29. The van der Waals surface area contributed by atoms with Gasteiger partial charge in [0.25, 0.3) is 10.0 Å². The van der Waals surface area contributed by atoms with E-state index in [1.165, 1.54) is 6.07 Å². The standard InChI is InChI=1S/C7H4ClIN2O2S/c8-7-10-5-3-4(9)1-2-6(5)14(12,13)11-7/h1-3H,(H,10,11). The van der Waals surface area contributed by atoms with Crippen LogP contribution in [-0.4, -0.2) is 13.7 Å². The topological polar surface area (TPSA) is 58.5 Å². The third kappa shape index (κ3) is 1.73. The fourth-order valence-electron chi connectivity index (χ4n) is 1.11. The van der Waals surface area contributed by atoms with E-state index < -0.39 is 10.0 Å².